The first-order valence-electron chi connectivity index (χ1n) is 6.17. The zero-order valence-corrected chi connectivity index (χ0v) is 12.4. The molecule has 0 aliphatic heterocycles. The van der Waals surface area contributed by atoms with E-state index >= 15 is 0 Å². The number of aromatic carboxylic acids is 1. The monoisotopic (exact) mass is 309 g/mol. The number of carboxylic acids is 1. The molecule has 7 nitrogen and oxygen atoms in total. The van der Waals surface area contributed by atoms with Gasteiger partial charge in [0.15, 0.2) is 5.69 Å². The Hall–Kier alpha value is -2.35. The number of urea groups is 1. The Bertz CT molecular complexity index is 649. The van der Waals surface area contributed by atoms with Crippen LogP contribution in [-0.4, -0.2) is 34.0 Å². The molecule has 2 heterocycles. The standard InChI is InChI=1S/C13H15N3O4S/c1-8-9(3-4-20-8)6-16(2)13(19)14-5-11-15-10(7-21-11)12(17)18/h3-4,7H,5-6H2,1-2H3,(H,14,19)(H,17,18). The third-order valence-electron chi connectivity index (χ3n) is 2.88. The lowest BCUT2D eigenvalue weighted by atomic mass is 10.2. The van der Waals surface area contributed by atoms with Crippen LogP contribution in [0, 0.1) is 6.92 Å². The van der Waals surface area contributed by atoms with Gasteiger partial charge in [-0.15, -0.1) is 11.3 Å². The zero-order chi connectivity index (χ0) is 15.4. The van der Waals surface area contributed by atoms with Gasteiger partial charge in [-0.3, -0.25) is 0 Å². The normalized spacial score (nSPS) is 10.4. The fraction of sp³-hybridized carbons (Fsp3) is 0.308. The van der Waals surface area contributed by atoms with Gasteiger partial charge in [-0.2, -0.15) is 0 Å². The van der Waals surface area contributed by atoms with Crippen LogP contribution >= 0.6 is 11.3 Å². The van der Waals surface area contributed by atoms with Crippen LogP contribution in [0.3, 0.4) is 0 Å². The van der Waals surface area contributed by atoms with Gasteiger partial charge in [-0.05, 0) is 13.0 Å². The van der Waals surface area contributed by atoms with E-state index in [4.69, 9.17) is 9.52 Å². The van der Waals surface area contributed by atoms with Crippen LogP contribution in [0.1, 0.15) is 26.8 Å². The maximum Gasteiger partial charge on any atom is 0.355 e. The molecule has 8 heteroatoms. The van der Waals surface area contributed by atoms with E-state index < -0.39 is 5.97 Å². The molecule has 21 heavy (non-hydrogen) atoms. The summed E-state index contributed by atoms with van der Waals surface area (Å²) in [6, 6.07) is 1.56. The molecule has 0 aliphatic carbocycles. The van der Waals surface area contributed by atoms with Gasteiger partial charge in [0.25, 0.3) is 0 Å². The summed E-state index contributed by atoms with van der Waals surface area (Å²) in [5, 5.41) is 13.5. The second kappa shape index (κ2) is 6.40. The van der Waals surface area contributed by atoms with Crippen molar-refractivity contribution in [3.63, 3.8) is 0 Å². The topological polar surface area (TPSA) is 95.7 Å². The summed E-state index contributed by atoms with van der Waals surface area (Å²) in [6.07, 6.45) is 1.58. The van der Waals surface area contributed by atoms with E-state index in [0.717, 1.165) is 11.3 Å². The van der Waals surface area contributed by atoms with Gasteiger partial charge in [0.2, 0.25) is 0 Å². The van der Waals surface area contributed by atoms with Crippen molar-refractivity contribution in [1.29, 1.82) is 0 Å². The molecule has 112 valence electrons. The second-order valence-corrected chi connectivity index (χ2v) is 5.39. The van der Waals surface area contributed by atoms with E-state index in [0.29, 0.717) is 11.6 Å². The van der Waals surface area contributed by atoms with Crippen LogP contribution in [0.4, 0.5) is 4.79 Å². The molecule has 0 unspecified atom stereocenters. The predicted octanol–water partition coefficient (Wildman–Crippen LogP) is 2.08. The molecule has 0 radical (unpaired) electrons. The van der Waals surface area contributed by atoms with E-state index in [-0.39, 0.29) is 18.3 Å². The molecule has 2 aromatic heterocycles. The lowest BCUT2D eigenvalue weighted by Crippen LogP contribution is -2.36. The molecule has 0 aromatic carbocycles. The van der Waals surface area contributed by atoms with Crippen LogP contribution in [0.15, 0.2) is 22.1 Å². The van der Waals surface area contributed by atoms with Crippen molar-refractivity contribution in [3.05, 3.63) is 39.7 Å². The summed E-state index contributed by atoms with van der Waals surface area (Å²) < 4.78 is 5.18. The Labute approximate surface area is 125 Å². The third kappa shape index (κ3) is 3.82. The number of hydrogen-bond donors (Lipinski definition) is 2. The number of carbonyl (C=O) groups is 2. The highest BCUT2D eigenvalue weighted by atomic mass is 32.1. The summed E-state index contributed by atoms with van der Waals surface area (Å²) in [4.78, 5) is 28.1. The fourth-order valence-corrected chi connectivity index (χ4v) is 2.39. The largest absolute Gasteiger partial charge is 0.476 e. The molecule has 0 saturated carbocycles. The van der Waals surface area contributed by atoms with Gasteiger partial charge < -0.3 is 19.7 Å². The molecule has 2 rings (SSSR count). The van der Waals surface area contributed by atoms with Gasteiger partial charge >= 0.3 is 12.0 Å². The Morgan fingerprint density at radius 1 is 1.52 bits per heavy atom. The Balaban J connectivity index is 1.86. The van der Waals surface area contributed by atoms with E-state index in [9.17, 15) is 9.59 Å². The summed E-state index contributed by atoms with van der Waals surface area (Å²) >= 11 is 1.20. The number of rotatable bonds is 5. The maximum absolute atomic E-state index is 11.9. The summed E-state index contributed by atoms with van der Waals surface area (Å²) in [5.41, 5.74) is 0.932. The van der Waals surface area contributed by atoms with E-state index in [1.807, 2.05) is 13.0 Å². The van der Waals surface area contributed by atoms with Crippen LogP contribution in [-0.2, 0) is 13.1 Å². The van der Waals surface area contributed by atoms with Crippen LogP contribution < -0.4 is 5.32 Å². The molecular formula is C13H15N3O4S. The van der Waals surface area contributed by atoms with Crippen LogP contribution in [0.5, 0.6) is 0 Å². The van der Waals surface area contributed by atoms with Crippen LogP contribution in [0.2, 0.25) is 0 Å². The third-order valence-corrected chi connectivity index (χ3v) is 3.73. The van der Waals surface area contributed by atoms with E-state index in [1.165, 1.54) is 21.6 Å². The van der Waals surface area contributed by atoms with E-state index in [1.54, 1.807) is 13.3 Å². The molecule has 0 atom stereocenters. The minimum atomic E-state index is -1.07. The molecule has 0 bridgehead atoms. The molecule has 2 N–H and O–H groups in total. The average Bonchev–Trinajstić information content (AvgIpc) is 3.06. The Kier molecular flexibility index (Phi) is 4.59. The molecular weight excluding hydrogens is 294 g/mol. The highest BCUT2D eigenvalue weighted by Gasteiger charge is 2.13. The smallest absolute Gasteiger partial charge is 0.355 e. The van der Waals surface area contributed by atoms with Crippen molar-refractivity contribution >= 4 is 23.3 Å². The number of hydrogen-bond acceptors (Lipinski definition) is 5. The van der Waals surface area contributed by atoms with Gasteiger partial charge in [-0.25, -0.2) is 14.6 Å². The predicted molar refractivity (Wildman–Crippen MR) is 76.2 cm³/mol. The lowest BCUT2D eigenvalue weighted by molar-refractivity contribution is 0.0691. The van der Waals surface area contributed by atoms with Gasteiger partial charge in [0.05, 0.1) is 19.4 Å². The minimum absolute atomic E-state index is 0.00775. The van der Waals surface area contributed by atoms with Crippen molar-refractivity contribution in [2.45, 2.75) is 20.0 Å². The number of furan rings is 1. The zero-order valence-electron chi connectivity index (χ0n) is 11.6. The highest BCUT2D eigenvalue weighted by Crippen LogP contribution is 2.12. The minimum Gasteiger partial charge on any atom is -0.476 e. The highest BCUT2D eigenvalue weighted by molar-refractivity contribution is 7.09. The molecule has 2 aromatic rings. The first kappa shape index (κ1) is 15.0. The number of aryl methyl sites for hydroxylation is 1. The summed E-state index contributed by atoms with van der Waals surface area (Å²) in [6.45, 7) is 2.47. The first-order chi connectivity index (χ1) is 9.97. The van der Waals surface area contributed by atoms with Crippen molar-refractivity contribution < 1.29 is 19.1 Å². The molecule has 0 spiro atoms. The van der Waals surface area contributed by atoms with E-state index in [2.05, 4.69) is 10.3 Å². The maximum atomic E-state index is 11.9. The van der Waals surface area contributed by atoms with Crippen molar-refractivity contribution in [2.24, 2.45) is 0 Å². The summed E-state index contributed by atoms with van der Waals surface area (Å²) in [5.74, 6) is -0.294. The summed E-state index contributed by atoms with van der Waals surface area (Å²) in [7, 11) is 1.67. The number of nitrogens with one attached hydrogen (secondary N) is 1. The number of thiazole rings is 1. The molecule has 2 amide bonds. The number of carbonyl (C=O) groups excluding carboxylic acids is 1. The molecule has 0 fully saturated rings. The Morgan fingerprint density at radius 3 is 2.86 bits per heavy atom. The average molecular weight is 309 g/mol. The lowest BCUT2D eigenvalue weighted by Gasteiger charge is -2.17. The molecule has 0 aliphatic rings. The quantitative estimate of drug-likeness (QED) is 0.881. The first-order valence-corrected chi connectivity index (χ1v) is 7.05. The van der Waals surface area contributed by atoms with Gasteiger partial charge in [-0.1, -0.05) is 0 Å². The SMILES string of the molecule is Cc1occc1CN(C)C(=O)NCc1nc(C(=O)O)cs1. The number of aromatic nitrogens is 1. The van der Waals surface area contributed by atoms with Crippen molar-refractivity contribution in [1.82, 2.24) is 15.2 Å². The number of carboxylic acid groups (broad SMARTS) is 1. The molecule has 0 saturated heterocycles. The fourth-order valence-electron chi connectivity index (χ4n) is 1.68. The van der Waals surface area contributed by atoms with Gasteiger partial charge in [0.1, 0.15) is 10.8 Å². The number of nitrogens with zero attached hydrogens (tertiary/aromatic N) is 2. The van der Waals surface area contributed by atoms with Gasteiger partial charge in [0, 0.05) is 18.0 Å². The second-order valence-electron chi connectivity index (χ2n) is 4.45. The Morgan fingerprint density at radius 2 is 2.29 bits per heavy atom. The number of amides is 2. The van der Waals surface area contributed by atoms with Crippen LogP contribution in [0.25, 0.3) is 0 Å². The van der Waals surface area contributed by atoms with Crippen molar-refractivity contribution in [3.8, 4) is 0 Å². The van der Waals surface area contributed by atoms with Crippen molar-refractivity contribution in [2.75, 3.05) is 7.05 Å².